The van der Waals surface area contributed by atoms with Crippen LogP contribution in [-0.2, 0) is 0 Å². The topological polar surface area (TPSA) is 41.6 Å². The summed E-state index contributed by atoms with van der Waals surface area (Å²) in [4.78, 5) is 14.5. The van der Waals surface area contributed by atoms with Crippen molar-refractivity contribution >= 4 is 51.0 Å². The normalized spacial score (nSPS) is 17.0. The Kier molecular flexibility index (Phi) is 5.58. The van der Waals surface area contributed by atoms with Crippen LogP contribution >= 0.6 is 39.3 Å². The summed E-state index contributed by atoms with van der Waals surface area (Å²) < 4.78 is 6.15. The molecule has 0 aliphatic carbocycles. The number of carbonyl (C=O) groups is 1. The molecule has 4 nitrogen and oxygen atoms in total. The summed E-state index contributed by atoms with van der Waals surface area (Å²) >= 11 is 11.2. The van der Waals surface area contributed by atoms with E-state index < -0.39 is 0 Å². The van der Waals surface area contributed by atoms with Gasteiger partial charge < -0.3 is 15.0 Å². The standard InChI is InChI=1S/C17H16BrClN2O2S/c1-23-15-6-5-11(9-14(15)18)16-21(7-8-24-16)17(22)20-13-4-2-3-12(19)10-13/h2-6,9-10,16H,7-8H2,1H3,(H,20,22)/t16-/m1/s1. The van der Waals surface area contributed by atoms with Gasteiger partial charge in [-0.3, -0.25) is 0 Å². The first-order valence-corrected chi connectivity index (χ1v) is 9.58. The first-order chi connectivity index (χ1) is 11.6. The maximum Gasteiger partial charge on any atom is 0.323 e. The maximum atomic E-state index is 12.6. The highest BCUT2D eigenvalue weighted by Crippen LogP contribution is 2.40. The van der Waals surface area contributed by atoms with Crippen LogP contribution in [0.3, 0.4) is 0 Å². The molecule has 3 rings (SSSR count). The van der Waals surface area contributed by atoms with Gasteiger partial charge in [0.2, 0.25) is 0 Å². The van der Waals surface area contributed by atoms with Crippen molar-refractivity contribution in [3.63, 3.8) is 0 Å². The second kappa shape index (κ2) is 7.68. The molecule has 1 aliphatic heterocycles. The Morgan fingerprint density at radius 1 is 1.38 bits per heavy atom. The number of anilines is 1. The summed E-state index contributed by atoms with van der Waals surface area (Å²) in [5, 5.41) is 3.49. The average molecular weight is 428 g/mol. The van der Waals surface area contributed by atoms with E-state index in [0.29, 0.717) is 17.3 Å². The molecule has 0 aromatic heterocycles. The van der Waals surface area contributed by atoms with E-state index in [4.69, 9.17) is 16.3 Å². The minimum Gasteiger partial charge on any atom is -0.496 e. The Bertz CT molecular complexity index is 759. The summed E-state index contributed by atoms with van der Waals surface area (Å²) in [5.41, 5.74) is 1.76. The number of amides is 2. The smallest absolute Gasteiger partial charge is 0.323 e. The Balaban J connectivity index is 1.77. The lowest BCUT2D eigenvalue weighted by Crippen LogP contribution is -2.34. The van der Waals surface area contributed by atoms with Gasteiger partial charge in [-0.2, -0.15) is 0 Å². The van der Waals surface area contributed by atoms with E-state index >= 15 is 0 Å². The van der Waals surface area contributed by atoms with E-state index in [1.54, 1.807) is 31.0 Å². The molecule has 7 heteroatoms. The second-order valence-corrected chi connectivity index (χ2v) is 7.73. The fourth-order valence-corrected chi connectivity index (χ4v) is 4.55. The molecule has 126 valence electrons. The summed E-state index contributed by atoms with van der Waals surface area (Å²) in [6.07, 6.45) is 0. The fourth-order valence-electron chi connectivity index (χ4n) is 2.55. The van der Waals surface area contributed by atoms with Crippen molar-refractivity contribution in [2.45, 2.75) is 5.37 Å². The highest BCUT2D eigenvalue weighted by atomic mass is 79.9. The molecule has 2 aromatic rings. The van der Waals surface area contributed by atoms with Crippen LogP contribution in [0.5, 0.6) is 5.75 Å². The van der Waals surface area contributed by atoms with Crippen LogP contribution in [0, 0.1) is 0 Å². The van der Waals surface area contributed by atoms with Crippen LogP contribution in [0.15, 0.2) is 46.9 Å². The number of thioether (sulfide) groups is 1. The van der Waals surface area contributed by atoms with Crippen molar-refractivity contribution < 1.29 is 9.53 Å². The number of nitrogens with one attached hydrogen (secondary N) is 1. The molecule has 1 heterocycles. The molecule has 24 heavy (non-hydrogen) atoms. The number of benzene rings is 2. The number of hydrogen-bond donors (Lipinski definition) is 1. The van der Waals surface area contributed by atoms with E-state index in [1.165, 1.54) is 0 Å². The lowest BCUT2D eigenvalue weighted by molar-refractivity contribution is 0.214. The van der Waals surface area contributed by atoms with Crippen LogP contribution < -0.4 is 10.1 Å². The zero-order valence-electron chi connectivity index (χ0n) is 13.0. The van der Waals surface area contributed by atoms with Gasteiger partial charge in [-0.1, -0.05) is 23.7 Å². The van der Waals surface area contributed by atoms with Crippen molar-refractivity contribution in [2.75, 3.05) is 24.7 Å². The van der Waals surface area contributed by atoms with Crippen LogP contribution in [0.4, 0.5) is 10.5 Å². The maximum absolute atomic E-state index is 12.6. The van der Waals surface area contributed by atoms with Gasteiger partial charge in [-0.05, 0) is 51.8 Å². The highest BCUT2D eigenvalue weighted by Gasteiger charge is 2.31. The summed E-state index contributed by atoms with van der Waals surface area (Å²) in [7, 11) is 1.63. The van der Waals surface area contributed by atoms with Gasteiger partial charge in [0.05, 0.1) is 11.6 Å². The van der Waals surface area contributed by atoms with Crippen molar-refractivity contribution in [1.82, 2.24) is 4.90 Å². The van der Waals surface area contributed by atoms with E-state index in [0.717, 1.165) is 21.5 Å². The molecular weight excluding hydrogens is 412 g/mol. The van der Waals surface area contributed by atoms with Crippen LogP contribution in [-0.4, -0.2) is 30.3 Å². The van der Waals surface area contributed by atoms with Crippen molar-refractivity contribution in [2.24, 2.45) is 0 Å². The lowest BCUT2D eigenvalue weighted by atomic mass is 10.2. The highest BCUT2D eigenvalue weighted by molar-refractivity contribution is 9.10. The Morgan fingerprint density at radius 3 is 2.92 bits per heavy atom. The van der Waals surface area contributed by atoms with Gasteiger partial charge >= 0.3 is 6.03 Å². The summed E-state index contributed by atoms with van der Waals surface area (Å²) in [5.74, 6) is 1.67. The Morgan fingerprint density at radius 2 is 2.21 bits per heavy atom. The molecule has 2 amide bonds. The lowest BCUT2D eigenvalue weighted by Gasteiger charge is -2.25. The number of ether oxygens (including phenoxy) is 1. The van der Waals surface area contributed by atoms with Crippen molar-refractivity contribution in [3.8, 4) is 5.75 Å². The Labute approximate surface area is 158 Å². The number of methoxy groups -OCH3 is 1. The first kappa shape index (κ1) is 17.5. The molecule has 1 aliphatic rings. The number of carbonyl (C=O) groups excluding carboxylic acids is 1. The monoisotopic (exact) mass is 426 g/mol. The summed E-state index contributed by atoms with van der Waals surface area (Å²) in [6, 6.07) is 12.9. The van der Waals surface area contributed by atoms with Gasteiger partial charge in [0, 0.05) is 23.0 Å². The molecule has 1 fully saturated rings. The van der Waals surface area contributed by atoms with E-state index in [-0.39, 0.29) is 11.4 Å². The van der Waals surface area contributed by atoms with Crippen molar-refractivity contribution in [1.29, 1.82) is 0 Å². The molecular formula is C17H16BrClN2O2S. The van der Waals surface area contributed by atoms with Crippen molar-refractivity contribution in [3.05, 3.63) is 57.5 Å². The molecule has 2 aromatic carbocycles. The van der Waals surface area contributed by atoms with Gasteiger partial charge in [-0.25, -0.2) is 4.79 Å². The van der Waals surface area contributed by atoms with Gasteiger partial charge in [0.15, 0.2) is 0 Å². The second-order valence-electron chi connectivity index (χ2n) is 5.25. The molecule has 1 saturated heterocycles. The largest absolute Gasteiger partial charge is 0.496 e. The fraction of sp³-hybridized carbons (Fsp3) is 0.235. The predicted octanol–water partition coefficient (Wildman–Crippen LogP) is 5.39. The van der Waals surface area contributed by atoms with Crippen LogP contribution in [0.25, 0.3) is 0 Å². The minimum atomic E-state index is -0.126. The number of hydrogen-bond acceptors (Lipinski definition) is 3. The zero-order valence-corrected chi connectivity index (χ0v) is 16.1. The SMILES string of the molecule is COc1ccc([C@H]2SCCN2C(=O)Nc2cccc(Cl)c2)cc1Br. The third kappa shape index (κ3) is 3.82. The molecule has 0 unspecified atom stereocenters. The van der Waals surface area contributed by atoms with Gasteiger partial charge in [0.1, 0.15) is 11.1 Å². The Hall–Kier alpha value is -1.37. The van der Waals surface area contributed by atoms with Gasteiger partial charge in [-0.15, -0.1) is 11.8 Å². The first-order valence-electron chi connectivity index (χ1n) is 7.36. The van der Waals surface area contributed by atoms with Gasteiger partial charge in [0.25, 0.3) is 0 Å². The predicted molar refractivity (Wildman–Crippen MR) is 103 cm³/mol. The molecule has 1 N–H and O–H groups in total. The molecule has 0 bridgehead atoms. The number of rotatable bonds is 3. The van der Waals surface area contributed by atoms with Crippen LogP contribution in [0.1, 0.15) is 10.9 Å². The molecule has 0 radical (unpaired) electrons. The average Bonchev–Trinajstić information content (AvgIpc) is 3.04. The van der Waals surface area contributed by atoms with E-state index in [2.05, 4.69) is 21.2 Å². The third-order valence-corrected chi connectivity index (χ3v) is 5.80. The molecule has 0 saturated carbocycles. The molecule has 0 spiro atoms. The number of nitrogens with zero attached hydrogens (tertiary/aromatic N) is 1. The quantitative estimate of drug-likeness (QED) is 0.714. The zero-order chi connectivity index (χ0) is 17.1. The van der Waals surface area contributed by atoms with E-state index in [9.17, 15) is 4.79 Å². The minimum absolute atomic E-state index is 0.0219. The third-order valence-electron chi connectivity index (χ3n) is 3.69. The molecule has 1 atom stereocenters. The number of halogens is 2. The van der Waals surface area contributed by atoms with E-state index in [1.807, 2.05) is 35.2 Å². The number of urea groups is 1. The summed E-state index contributed by atoms with van der Waals surface area (Å²) in [6.45, 7) is 0.700. The van der Waals surface area contributed by atoms with Crippen LogP contribution in [0.2, 0.25) is 5.02 Å².